The van der Waals surface area contributed by atoms with Gasteiger partial charge in [0.25, 0.3) is 0 Å². The molecule has 1 aromatic rings. The van der Waals surface area contributed by atoms with Gasteiger partial charge in [0.2, 0.25) is 0 Å². The predicted molar refractivity (Wildman–Crippen MR) is 88.4 cm³/mol. The van der Waals surface area contributed by atoms with E-state index in [0.29, 0.717) is 0 Å². The van der Waals surface area contributed by atoms with Crippen LogP contribution in [0.25, 0.3) is 0 Å². The van der Waals surface area contributed by atoms with E-state index in [1.54, 1.807) is 7.11 Å². The maximum Gasteiger partial charge on any atom is 0.0762 e. The number of hydrogen-bond acceptors (Lipinski definition) is 3. The first-order chi connectivity index (χ1) is 10.4. The molecule has 21 heavy (non-hydrogen) atoms. The van der Waals surface area contributed by atoms with Crippen molar-refractivity contribution >= 4 is 0 Å². The predicted octanol–water partition coefficient (Wildman–Crippen LogP) is 3.76. The fourth-order valence-corrected chi connectivity index (χ4v) is 2.42. The van der Waals surface area contributed by atoms with E-state index in [4.69, 9.17) is 4.74 Å². The molecule has 4 nitrogen and oxygen atoms in total. The highest BCUT2D eigenvalue weighted by Crippen LogP contribution is 2.09. The lowest BCUT2D eigenvalue weighted by Gasteiger charge is -2.03. The van der Waals surface area contributed by atoms with E-state index in [1.807, 2.05) is 0 Å². The third-order valence-corrected chi connectivity index (χ3v) is 3.73. The largest absolute Gasteiger partial charge is 0.383 e. The molecule has 0 unspecified atom stereocenters. The van der Waals surface area contributed by atoms with Crippen molar-refractivity contribution in [1.82, 2.24) is 15.1 Å². The molecule has 122 valence electrons. The number of methoxy groups -OCH3 is 1. The standard InChI is InChI=1S/C17H33N3O/c1-3-4-5-6-7-8-9-10-13-20-14-11-17(19-20)16-18-12-15-21-2/h11,14,18H,3-10,12-13,15-16H2,1-2H3. The smallest absolute Gasteiger partial charge is 0.0762 e. The van der Waals surface area contributed by atoms with E-state index in [-0.39, 0.29) is 0 Å². The minimum atomic E-state index is 0.749. The highest BCUT2D eigenvalue weighted by molar-refractivity contribution is 4.98. The lowest BCUT2D eigenvalue weighted by Crippen LogP contribution is -2.19. The third-order valence-electron chi connectivity index (χ3n) is 3.73. The van der Waals surface area contributed by atoms with Crippen LogP contribution in [-0.2, 0) is 17.8 Å². The van der Waals surface area contributed by atoms with Crippen LogP contribution < -0.4 is 5.32 Å². The molecule has 1 rings (SSSR count). The first-order valence-electron chi connectivity index (χ1n) is 8.58. The Morgan fingerprint density at radius 1 is 1.10 bits per heavy atom. The first kappa shape index (κ1) is 18.2. The molecule has 0 fully saturated rings. The molecule has 0 amide bonds. The number of ether oxygens (including phenoxy) is 1. The number of aryl methyl sites for hydroxylation is 1. The summed E-state index contributed by atoms with van der Waals surface area (Å²) >= 11 is 0. The van der Waals surface area contributed by atoms with Crippen molar-refractivity contribution in [3.8, 4) is 0 Å². The zero-order valence-corrected chi connectivity index (χ0v) is 13.9. The summed E-state index contributed by atoms with van der Waals surface area (Å²) in [6, 6.07) is 2.10. The summed E-state index contributed by atoms with van der Waals surface area (Å²) in [6.45, 7) is 5.77. The van der Waals surface area contributed by atoms with Gasteiger partial charge >= 0.3 is 0 Å². The molecule has 1 heterocycles. The van der Waals surface area contributed by atoms with Crippen LogP contribution in [0.3, 0.4) is 0 Å². The molecule has 1 aromatic heterocycles. The van der Waals surface area contributed by atoms with Crippen LogP contribution in [0.15, 0.2) is 12.3 Å². The Bertz CT molecular complexity index is 339. The van der Waals surface area contributed by atoms with Gasteiger partial charge in [0, 0.05) is 32.9 Å². The number of nitrogens with zero attached hydrogens (tertiary/aromatic N) is 2. The Balaban J connectivity index is 1.98. The third kappa shape index (κ3) is 9.64. The summed E-state index contributed by atoms with van der Waals surface area (Å²) < 4.78 is 7.08. The molecule has 1 N–H and O–H groups in total. The van der Waals surface area contributed by atoms with Crippen LogP contribution in [0.4, 0.5) is 0 Å². The van der Waals surface area contributed by atoms with Gasteiger partial charge in [0.1, 0.15) is 0 Å². The number of aromatic nitrogens is 2. The lowest BCUT2D eigenvalue weighted by molar-refractivity contribution is 0.199. The van der Waals surface area contributed by atoms with Crippen LogP contribution in [0, 0.1) is 0 Å². The monoisotopic (exact) mass is 295 g/mol. The van der Waals surface area contributed by atoms with E-state index in [1.165, 1.54) is 51.4 Å². The summed E-state index contributed by atoms with van der Waals surface area (Å²) in [5.74, 6) is 0. The second-order valence-corrected chi connectivity index (χ2v) is 5.71. The van der Waals surface area contributed by atoms with Crippen molar-refractivity contribution in [2.45, 2.75) is 71.4 Å². The van der Waals surface area contributed by atoms with Crippen LogP contribution in [0.1, 0.15) is 64.0 Å². The molecular weight excluding hydrogens is 262 g/mol. The van der Waals surface area contributed by atoms with E-state index in [0.717, 1.165) is 31.9 Å². The SMILES string of the molecule is CCCCCCCCCCn1ccc(CNCCOC)n1. The Kier molecular flexibility index (Phi) is 11.1. The van der Waals surface area contributed by atoms with E-state index >= 15 is 0 Å². The van der Waals surface area contributed by atoms with Crippen molar-refractivity contribution in [3.05, 3.63) is 18.0 Å². The molecule has 0 aliphatic rings. The van der Waals surface area contributed by atoms with E-state index in [9.17, 15) is 0 Å². The molecule has 0 atom stereocenters. The maximum atomic E-state index is 5.00. The molecule has 0 saturated carbocycles. The average Bonchev–Trinajstić information content (AvgIpc) is 2.94. The molecular formula is C17H33N3O. The average molecular weight is 295 g/mol. The van der Waals surface area contributed by atoms with Crippen LogP contribution in [-0.4, -0.2) is 30.0 Å². The molecule has 0 aromatic carbocycles. The van der Waals surface area contributed by atoms with Crippen LogP contribution in [0.2, 0.25) is 0 Å². The molecule has 0 spiro atoms. The van der Waals surface area contributed by atoms with Gasteiger partial charge in [-0.25, -0.2) is 0 Å². The fraction of sp³-hybridized carbons (Fsp3) is 0.824. The van der Waals surface area contributed by atoms with Gasteiger partial charge in [-0.05, 0) is 12.5 Å². The minimum Gasteiger partial charge on any atom is -0.383 e. The summed E-state index contributed by atoms with van der Waals surface area (Å²) in [7, 11) is 1.72. The van der Waals surface area contributed by atoms with Crippen molar-refractivity contribution < 1.29 is 4.74 Å². The first-order valence-corrected chi connectivity index (χ1v) is 8.58. The number of nitrogens with one attached hydrogen (secondary N) is 1. The van der Waals surface area contributed by atoms with Crippen molar-refractivity contribution in [3.63, 3.8) is 0 Å². The second-order valence-electron chi connectivity index (χ2n) is 5.71. The van der Waals surface area contributed by atoms with E-state index < -0.39 is 0 Å². The zero-order chi connectivity index (χ0) is 15.2. The number of rotatable bonds is 14. The zero-order valence-electron chi connectivity index (χ0n) is 13.9. The van der Waals surface area contributed by atoms with Gasteiger partial charge < -0.3 is 10.1 Å². The van der Waals surface area contributed by atoms with Gasteiger partial charge in [-0.15, -0.1) is 0 Å². The number of hydrogen-bond donors (Lipinski definition) is 1. The Morgan fingerprint density at radius 2 is 1.81 bits per heavy atom. The maximum absolute atomic E-state index is 5.00. The normalized spacial score (nSPS) is 11.1. The molecule has 0 aliphatic heterocycles. The lowest BCUT2D eigenvalue weighted by atomic mass is 10.1. The Morgan fingerprint density at radius 3 is 2.52 bits per heavy atom. The summed E-state index contributed by atoms with van der Waals surface area (Å²) in [6.07, 6.45) is 13.0. The van der Waals surface area contributed by atoms with E-state index in [2.05, 4.69) is 34.3 Å². The van der Waals surface area contributed by atoms with Crippen LogP contribution >= 0.6 is 0 Å². The molecule has 4 heteroatoms. The molecule has 0 aliphatic carbocycles. The summed E-state index contributed by atoms with van der Waals surface area (Å²) in [4.78, 5) is 0. The second kappa shape index (κ2) is 12.8. The Labute approximate surface area is 130 Å². The van der Waals surface area contributed by atoms with Gasteiger partial charge in [0.15, 0.2) is 0 Å². The summed E-state index contributed by atoms with van der Waals surface area (Å²) in [5.41, 5.74) is 1.12. The van der Waals surface area contributed by atoms with Gasteiger partial charge in [-0.1, -0.05) is 51.9 Å². The minimum absolute atomic E-state index is 0.749. The Hall–Kier alpha value is -0.870. The highest BCUT2D eigenvalue weighted by Gasteiger charge is 1.99. The quantitative estimate of drug-likeness (QED) is 0.531. The molecule has 0 bridgehead atoms. The van der Waals surface area contributed by atoms with Crippen molar-refractivity contribution in [1.29, 1.82) is 0 Å². The number of unbranched alkanes of at least 4 members (excludes halogenated alkanes) is 7. The summed E-state index contributed by atoms with van der Waals surface area (Å²) in [5, 5.41) is 7.90. The highest BCUT2D eigenvalue weighted by atomic mass is 16.5. The van der Waals surface area contributed by atoms with Gasteiger partial charge in [-0.3, -0.25) is 4.68 Å². The van der Waals surface area contributed by atoms with Crippen molar-refractivity contribution in [2.24, 2.45) is 0 Å². The molecule has 0 saturated heterocycles. The van der Waals surface area contributed by atoms with Gasteiger partial charge in [-0.2, -0.15) is 5.10 Å². The van der Waals surface area contributed by atoms with Crippen molar-refractivity contribution in [2.75, 3.05) is 20.3 Å². The van der Waals surface area contributed by atoms with Crippen LogP contribution in [0.5, 0.6) is 0 Å². The van der Waals surface area contributed by atoms with Gasteiger partial charge in [0.05, 0.1) is 12.3 Å². The fourth-order valence-electron chi connectivity index (χ4n) is 2.42. The molecule has 0 radical (unpaired) electrons. The topological polar surface area (TPSA) is 39.1 Å².